The van der Waals surface area contributed by atoms with Crippen LogP contribution in [-0.2, 0) is 7.05 Å². The first-order valence-corrected chi connectivity index (χ1v) is 5.19. The van der Waals surface area contributed by atoms with Crippen LogP contribution in [0, 0.1) is 13.8 Å². The fourth-order valence-corrected chi connectivity index (χ4v) is 1.72. The number of rotatable bonds is 2. The minimum Gasteiger partial charge on any atom is -0.382 e. The Balaban J connectivity index is 2.37. The lowest BCUT2D eigenvalue weighted by Crippen LogP contribution is -2.05. The third-order valence-corrected chi connectivity index (χ3v) is 2.57. The van der Waals surface area contributed by atoms with E-state index in [4.69, 9.17) is 0 Å². The van der Waals surface area contributed by atoms with E-state index < -0.39 is 6.10 Å². The van der Waals surface area contributed by atoms with Crippen LogP contribution in [-0.4, -0.2) is 19.9 Å². The Morgan fingerprint density at radius 2 is 2.00 bits per heavy atom. The van der Waals surface area contributed by atoms with Crippen LogP contribution < -0.4 is 0 Å². The van der Waals surface area contributed by atoms with Crippen LogP contribution in [0.1, 0.15) is 28.7 Å². The van der Waals surface area contributed by atoms with E-state index in [0.29, 0.717) is 5.69 Å². The second-order valence-corrected chi connectivity index (χ2v) is 3.94. The second kappa shape index (κ2) is 4.06. The summed E-state index contributed by atoms with van der Waals surface area (Å²) in [6, 6.07) is 5.61. The largest absolute Gasteiger partial charge is 0.382 e. The van der Waals surface area contributed by atoms with Gasteiger partial charge in [-0.15, -0.1) is 0 Å². The van der Waals surface area contributed by atoms with E-state index in [-0.39, 0.29) is 0 Å². The summed E-state index contributed by atoms with van der Waals surface area (Å²) in [5.74, 6) is 0. The SMILES string of the molecule is Cc1ccc(C(O)c2ccn(C)n2)c(C)n1. The van der Waals surface area contributed by atoms with E-state index in [2.05, 4.69) is 10.1 Å². The number of aromatic nitrogens is 3. The number of hydrogen-bond acceptors (Lipinski definition) is 3. The Bertz CT molecular complexity index is 505. The molecule has 4 heteroatoms. The molecule has 0 saturated heterocycles. The van der Waals surface area contributed by atoms with Crippen LogP contribution in [0.2, 0.25) is 0 Å². The Hall–Kier alpha value is -1.68. The van der Waals surface area contributed by atoms with Crippen LogP contribution in [0.15, 0.2) is 24.4 Å². The van der Waals surface area contributed by atoms with Gasteiger partial charge in [-0.05, 0) is 26.0 Å². The number of pyridine rings is 1. The molecule has 2 aromatic rings. The van der Waals surface area contributed by atoms with Crippen molar-refractivity contribution in [2.45, 2.75) is 20.0 Å². The maximum Gasteiger partial charge on any atom is 0.125 e. The zero-order chi connectivity index (χ0) is 11.7. The molecule has 0 fully saturated rings. The molecule has 0 amide bonds. The summed E-state index contributed by atoms with van der Waals surface area (Å²) in [4.78, 5) is 4.33. The molecule has 2 heterocycles. The molecule has 0 aliphatic rings. The molecule has 1 unspecified atom stereocenters. The minimum atomic E-state index is -0.700. The van der Waals surface area contributed by atoms with Gasteiger partial charge in [-0.2, -0.15) is 5.10 Å². The van der Waals surface area contributed by atoms with Crippen molar-refractivity contribution in [2.75, 3.05) is 0 Å². The normalized spacial score (nSPS) is 12.8. The number of aliphatic hydroxyl groups is 1. The first-order valence-electron chi connectivity index (χ1n) is 5.19. The molecule has 2 aromatic heterocycles. The van der Waals surface area contributed by atoms with E-state index in [1.54, 1.807) is 4.68 Å². The highest BCUT2D eigenvalue weighted by Crippen LogP contribution is 2.22. The van der Waals surface area contributed by atoms with Gasteiger partial charge >= 0.3 is 0 Å². The molecule has 0 saturated carbocycles. The molecule has 2 rings (SSSR count). The lowest BCUT2D eigenvalue weighted by Gasteiger charge is -2.11. The van der Waals surface area contributed by atoms with Gasteiger partial charge < -0.3 is 5.11 Å². The summed E-state index contributed by atoms with van der Waals surface area (Å²) >= 11 is 0. The highest BCUT2D eigenvalue weighted by molar-refractivity contribution is 5.29. The molecule has 0 radical (unpaired) electrons. The molecule has 0 aliphatic heterocycles. The summed E-state index contributed by atoms with van der Waals surface area (Å²) < 4.78 is 1.68. The van der Waals surface area contributed by atoms with Gasteiger partial charge in [0.1, 0.15) is 6.10 Å². The van der Waals surface area contributed by atoms with Gasteiger partial charge in [0.25, 0.3) is 0 Å². The quantitative estimate of drug-likeness (QED) is 0.829. The molecule has 0 bridgehead atoms. The number of hydrogen-bond donors (Lipinski definition) is 1. The third-order valence-electron chi connectivity index (χ3n) is 2.57. The molecule has 1 N–H and O–H groups in total. The first-order chi connectivity index (χ1) is 7.58. The molecular formula is C12H15N3O. The predicted molar refractivity (Wildman–Crippen MR) is 61.0 cm³/mol. The predicted octanol–water partition coefficient (Wildman–Crippen LogP) is 1.51. The lowest BCUT2D eigenvalue weighted by molar-refractivity contribution is 0.213. The highest BCUT2D eigenvalue weighted by atomic mass is 16.3. The van der Waals surface area contributed by atoms with Crippen molar-refractivity contribution in [2.24, 2.45) is 7.05 Å². The fourth-order valence-electron chi connectivity index (χ4n) is 1.72. The van der Waals surface area contributed by atoms with Gasteiger partial charge in [-0.25, -0.2) is 0 Å². The Kier molecular flexibility index (Phi) is 2.75. The molecule has 16 heavy (non-hydrogen) atoms. The van der Waals surface area contributed by atoms with Gasteiger partial charge in [-0.1, -0.05) is 6.07 Å². The average molecular weight is 217 g/mol. The number of aliphatic hydroxyl groups excluding tert-OH is 1. The van der Waals surface area contributed by atoms with E-state index in [0.717, 1.165) is 17.0 Å². The van der Waals surface area contributed by atoms with Gasteiger partial charge in [0.2, 0.25) is 0 Å². The van der Waals surface area contributed by atoms with Crippen molar-refractivity contribution in [1.29, 1.82) is 0 Å². The Labute approximate surface area is 94.6 Å². The zero-order valence-corrected chi connectivity index (χ0v) is 9.68. The van der Waals surface area contributed by atoms with E-state index in [9.17, 15) is 5.11 Å². The Morgan fingerprint density at radius 3 is 2.56 bits per heavy atom. The second-order valence-electron chi connectivity index (χ2n) is 3.94. The monoisotopic (exact) mass is 217 g/mol. The summed E-state index contributed by atoms with van der Waals surface area (Å²) in [6.07, 6.45) is 1.12. The number of aryl methyl sites for hydroxylation is 3. The molecule has 0 aromatic carbocycles. The lowest BCUT2D eigenvalue weighted by atomic mass is 10.1. The van der Waals surface area contributed by atoms with E-state index in [1.165, 1.54) is 0 Å². The van der Waals surface area contributed by atoms with Crippen molar-refractivity contribution in [3.05, 3.63) is 47.0 Å². The highest BCUT2D eigenvalue weighted by Gasteiger charge is 2.15. The van der Waals surface area contributed by atoms with Crippen molar-refractivity contribution < 1.29 is 5.11 Å². The van der Waals surface area contributed by atoms with Gasteiger partial charge in [-0.3, -0.25) is 9.67 Å². The van der Waals surface area contributed by atoms with Crippen LogP contribution in [0.3, 0.4) is 0 Å². The third kappa shape index (κ3) is 1.97. The van der Waals surface area contributed by atoms with Crippen LogP contribution >= 0.6 is 0 Å². The first kappa shape index (κ1) is 10.8. The molecule has 4 nitrogen and oxygen atoms in total. The maximum atomic E-state index is 10.2. The van der Waals surface area contributed by atoms with Crippen molar-refractivity contribution in [3.8, 4) is 0 Å². The number of nitrogens with zero attached hydrogens (tertiary/aromatic N) is 3. The topological polar surface area (TPSA) is 50.9 Å². The fraction of sp³-hybridized carbons (Fsp3) is 0.333. The summed E-state index contributed by atoms with van der Waals surface area (Å²) in [5, 5.41) is 14.4. The summed E-state index contributed by atoms with van der Waals surface area (Å²) in [5.41, 5.74) is 3.26. The minimum absolute atomic E-state index is 0.649. The van der Waals surface area contributed by atoms with Crippen molar-refractivity contribution >= 4 is 0 Å². The van der Waals surface area contributed by atoms with Crippen molar-refractivity contribution in [3.63, 3.8) is 0 Å². The van der Waals surface area contributed by atoms with E-state index >= 15 is 0 Å². The van der Waals surface area contributed by atoms with Crippen LogP contribution in [0.5, 0.6) is 0 Å². The van der Waals surface area contributed by atoms with Gasteiger partial charge in [0.05, 0.1) is 5.69 Å². The molecule has 1 atom stereocenters. The average Bonchev–Trinajstić information content (AvgIpc) is 2.64. The smallest absolute Gasteiger partial charge is 0.125 e. The summed E-state index contributed by atoms with van der Waals surface area (Å²) in [6.45, 7) is 3.83. The van der Waals surface area contributed by atoms with Gasteiger partial charge in [0.15, 0.2) is 0 Å². The summed E-state index contributed by atoms with van der Waals surface area (Å²) in [7, 11) is 1.83. The van der Waals surface area contributed by atoms with E-state index in [1.807, 2.05) is 45.3 Å². The molecular weight excluding hydrogens is 202 g/mol. The molecule has 84 valence electrons. The van der Waals surface area contributed by atoms with Crippen LogP contribution in [0.25, 0.3) is 0 Å². The maximum absolute atomic E-state index is 10.2. The van der Waals surface area contributed by atoms with Gasteiger partial charge in [0, 0.05) is 30.2 Å². The molecule has 0 aliphatic carbocycles. The van der Waals surface area contributed by atoms with Crippen LogP contribution in [0.4, 0.5) is 0 Å². The standard InChI is InChI=1S/C12H15N3O/c1-8-4-5-10(9(2)13-8)12(16)11-6-7-15(3)14-11/h4-7,12,16H,1-3H3. The molecule has 0 spiro atoms. The van der Waals surface area contributed by atoms with Crippen molar-refractivity contribution in [1.82, 2.24) is 14.8 Å². The zero-order valence-electron chi connectivity index (χ0n) is 9.68. The Morgan fingerprint density at radius 1 is 1.25 bits per heavy atom.